The first-order chi connectivity index (χ1) is 12.9. The summed E-state index contributed by atoms with van der Waals surface area (Å²) >= 11 is 0. The lowest BCUT2D eigenvalue weighted by atomic mass is 10.1. The van der Waals surface area contributed by atoms with E-state index in [0.717, 1.165) is 12.1 Å². The van der Waals surface area contributed by atoms with Crippen molar-refractivity contribution < 1.29 is 27.3 Å². The van der Waals surface area contributed by atoms with Gasteiger partial charge in [0.05, 0.1) is 24.3 Å². The van der Waals surface area contributed by atoms with Gasteiger partial charge in [-0.2, -0.15) is 0 Å². The van der Waals surface area contributed by atoms with E-state index in [0.29, 0.717) is 11.0 Å². The van der Waals surface area contributed by atoms with Crippen LogP contribution in [0.5, 0.6) is 0 Å². The summed E-state index contributed by atoms with van der Waals surface area (Å²) in [4.78, 5) is 24.7. The van der Waals surface area contributed by atoms with E-state index in [4.69, 9.17) is 0 Å². The van der Waals surface area contributed by atoms with Gasteiger partial charge in [-0.3, -0.25) is 9.00 Å². The highest BCUT2D eigenvalue weighted by molar-refractivity contribution is 7.85. The monoisotopic (exact) mass is 395 g/mol. The van der Waals surface area contributed by atoms with E-state index in [-0.39, 0.29) is 24.2 Å². The van der Waals surface area contributed by atoms with Crippen molar-refractivity contribution in [2.75, 3.05) is 12.9 Å². The SMILES string of the molecule is COC(=O)[C@H](CC[S@](=O)c1ccccc1)NC(=O)Cc1cc(F)cc(F)c1. The van der Waals surface area contributed by atoms with Crippen molar-refractivity contribution in [2.45, 2.75) is 23.8 Å². The number of carbonyl (C=O) groups is 2. The minimum absolute atomic E-state index is 0.0947. The zero-order chi connectivity index (χ0) is 19.8. The summed E-state index contributed by atoms with van der Waals surface area (Å²) in [5.41, 5.74) is 0.140. The van der Waals surface area contributed by atoms with Crippen molar-refractivity contribution in [3.05, 3.63) is 65.7 Å². The van der Waals surface area contributed by atoms with Crippen LogP contribution in [0, 0.1) is 11.6 Å². The van der Waals surface area contributed by atoms with Gasteiger partial charge in [-0.25, -0.2) is 13.6 Å². The fourth-order valence-electron chi connectivity index (χ4n) is 2.45. The lowest BCUT2D eigenvalue weighted by molar-refractivity contribution is -0.145. The van der Waals surface area contributed by atoms with E-state index < -0.39 is 40.4 Å². The van der Waals surface area contributed by atoms with Crippen molar-refractivity contribution in [2.24, 2.45) is 0 Å². The van der Waals surface area contributed by atoms with Crippen molar-refractivity contribution in [3.63, 3.8) is 0 Å². The van der Waals surface area contributed by atoms with E-state index in [1.807, 2.05) is 0 Å². The highest BCUT2D eigenvalue weighted by atomic mass is 32.2. The molecule has 8 heteroatoms. The Hall–Kier alpha value is -2.61. The maximum absolute atomic E-state index is 13.2. The Balaban J connectivity index is 1.98. The van der Waals surface area contributed by atoms with Crippen LogP contribution < -0.4 is 5.32 Å². The number of amides is 1. The van der Waals surface area contributed by atoms with Gasteiger partial charge in [-0.1, -0.05) is 18.2 Å². The summed E-state index contributed by atoms with van der Waals surface area (Å²) in [6.07, 6.45) is -0.207. The number of carbonyl (C=O) groups excluding carboxylic acids is 2. The molecule has 0 aliphatic heterocycles. The van der Waals surface area contributed by atoms with Crippen LogP contribution in [0.2, 0.25) is 0 Å². The maximum Gasteiger partial charge on any atom is 0.328 e. The Morgan fingerprint density at radius 1 is 1.11 bits per heavy atom. The van der Waals surface area contributed by atoms with Crippen LogP contribution in [-0.2, 0) is 31.5 Å². The van der Waals surface area contributed by atoms with E-state index in [1.165, 1.54) is 7.11 Å². The molecule has 0 bridgehead atoms. The minimum atomic E-state index is -1.34. The molecule has 1 N–H and O–H groups in total. The molecule has 0 saturated heterocycles. The standard InChI is InChI=1S/C19H19F2NO4S/c1-26-19(24)17(7-8-27(25)16-5-3-2-4-6-16)22-18(23)11-13-9-14(20)12-15(21)10-13/h2-6,9-10,12,17H,7-8,11H2,1H3,(H,22,23)/t17-,27-/m0/s1. The lowest BCUT2D eigenvalue weighted by Gasteiger charge is -2.16. The van der Waals surface area contributed by atoms with Gasteiger partial charge in [-0.05, 0) is 36.2 Å². The number of esters is 1. The second kappa shape index (κ2) is 9.91. The van der Waals surface area contributed by atoms with Crippen LogP contribution in [-0.4, -0.2) is 35.0 Å². The molecule has 0 radical (unpaired) electrons. The van der Waals surface area contributed by atoms with Crippen LogP contribution in [0.4, 0.5) is 8.78 Å². The molecule has 0 heterocycles. The molecule has 2 aromatic carbocycles. The predicted molar refractivity (Wildman–Crippen MR) is 96.3 cm³/mol. The quantitative estimate of drug-likeness (QED) is 0.697. The molecule has 0 aromatic heterocycles. The molecule has 0 aliphatic rings. The van der Waals surface area contributed by atoms with E-state index >= 15 is 0 Å². The van der Waals surface area contributed by atoms with Crippen LogP contribution >= 0.6 is 0 Å². The summed E-state index contributed by atoms with van der Waals surface area (Å²) in [7, 11) is -0.162. The van der Waals surface area contributed by atoms with Gasteiger partial charge in [0.15, 0.2) is 0 Å². The lowest BCUT2D eigenvalue weighted by Crippen LogP contribution is -2.43. The third kappa shape index (κ3) is 6.56. The van der Waals surface area contributed by atoms with Crippen molar-refractivity contribution >= 4 is 22.7 Å². The van der Waals surface area contributed by atoms with Crippen LogP contribution in [0.3, 0.4) is 0 Å². The molecule has 144 valence electrons. The average molecular weight is 395 g/mol. The average Bonchev–Trinajstić information content (AvgIpc) is 2.64. The van der Waals surface area contributed by atoms with Gasteiger partial charge in [-0.15, -0.1) is 0 Å². The highest BCUT2D eigenvalue weighted by Crippen LogP contribution is 2.10. The third-order valence-corrected chi connectivity index (χ3v) is 5.11. The fourth-order valence-corrected chi connectivity index (χ4v) is 3.60. The van der Waals surface area contributed by atoms with Crippen molar-refractivity contribution in [1.82, 2.24) is 5.32 Å². The van der Waals surface area contributed by atoms with Gasteiger partial charge in [0.1, 0.15) is 17.7 Å². The number of nitrogens with one attached hydrogen (secondary N) is 1. The van der Waals surface area contributed by atoms with Crippen molar-refractivity contribution in [3.8, 4) is 0 Å². The van der Waals surface area contributed by atoms with Gasteiger partial charge in [0, 0.05) is 16.7 Å². The van der Waals surface area contributed by atoms with Crippen LogP contribution in [0.15, 0.2) is 53.4 Å². The van der Waals surface area contributed by atoms with Gasteiger partial charge < -0.3 is 10.1 Å². The molecule has 2 atom stereocenters. The van der Waals surface area contributed by atoms with Crippen LogP contribution in [0.25, 0.3) is 0 Å². The van der Waals surface area contributed by atoms with Gasteiger partial charge in [0.2, 0.25) is 5.91 Å². The molecule has 0 fully saturated rings. The molecule has 2 rings (SSSR count). The van der Waals surface area contributed by atoms with Gasteiger partial charge in [0.25, 0.3) is 0 Å². The smallest absolute Gasteiger partial charge is 0.328 e. The summed E-state index contributed by atoms with van der Waals surface area (Å²) in [5.74, 6) is -2.72. The number of halogens is 2. The van der Waals surface area contributed by atoms with Crippen molar-refractivity contribution in [1.29, 1.82) is 0 Å². The number of benzene rings is 2. The van der Waals surface area contributed by atoms with Crippen LogP contribution in [0.1, 0.15) is 12.0 Å². The minimum Gasteiger partial charge on any atom is -0.467 e. The zero-order valence-electron chi connectivity index (χ0n) is 14.6. The third-order valence-electron chi connectivity index (χ3n) is 3.71. The molecule has 5 nitrogen and oxygen atoms in total. The Morgan fingerprint density at radius 2 is 1.74 bits per heavy atom. The van der Waals surface area contributed by atoms with E-state index in [9.17, 15) is 22.6 Å². The fraction of sp³-hybridized carbons (Fsp3) is 0.263. The normalized spacial score (nSPS) is 12.9. The molecule has 27 heavy (non-hydrogen) atoms. The molecular formula is C19H19F2NO4S. The molecule has 1 amide bonds. The number of rotatable bonds is 8. The number of ether oxygens (including phenoxy) is 1. The number of hydrogen-bond acceptors (Lipinski definition) is 4. The maximum atomic E-state index is 13.2. The Morgan fingerprint density at radius 3 is 2.33 bits per heavy atom. The Kier molecular flexibility index (Phi) is 7.60. The first-order valence-electron chi connectivity index (χ1n) is 8.14. The van der Waals surface area contributed by atoms with E-state index in [2.05, 4.69) is 10.1 Å². The largest absolute Gasteiger partial charge is 0.467 e. The second-order valence-corrected chi connectivity index (χ2v) is 7.32. The summed E-state index contributed by atoms with van der Waals surface area (Å²) in [5, 5.41) is 2.47. The number of hydrogen-bond donors (Lipinski definition) is 1. The molecule has 0 unspecified atom stereocenters. The second-order valence-electron chi connectivity index (χ2n) is 5.75. The molecule has 0 spiro atoms. The first kappa shape index (κ1) is 20.7. The summed E-state index contributed by atoms with van der Waals surface area (Å²) in [6.45, 7) is 0. The molecule has 0 saturated carbocycles. The molecule has 2 aromatic rings. The first-order valence-corrected chi connectivity index (χ1v) is 9.46. The van der Waals surface area contributed by atoms with E-state index in [1.54, 1.807) is 30.3 Å². The molecule has 0 aliphatic carbocycles. The predicted octanol–water partition coefficient (Wildman–Crippen LogP) is 2.36. The summed E-state index contributed by atoms with van der Waals surface area (Å²) < 4.78 is 43.4. The Bertz CT molecular complexity index is 809. The topological polar surface area (TPSA) is 72.5 Å². The zero-order valence-corrected chi connectivity index (χ0v) is 15.4. The summed E-state index contributed by atoms with van der Waals surface area (Å²) in [6, 6.07) is 10.5. The Labute approximate surface area is 158 Å². The number of methoxy groups -OCH3 is 1. The highest BCUT2D eigenvalue weighted by Gasteiger charge is 2.22. The molecular weight excluding hydrogens is 376 g/mol. The van der Waals surface area contributed by atoms with Gasteiger partial charge >= 0.3 is 5.97 Å².